The molecule has 1 fully saturated rings. The maximum atomic E-state index is 12.0. The molecule has 0 spiro atoms. The van der Waals surface area contributed by atoms with Gasteiger partial charge in [-0.3, -0.25) is 0 Å². The Morgan fingerprint density at radius 3 is 2.79 bits per heavy atom. The van der Waals surface area contributed by atoms with Crippen LogP contribution in [-0.4, -0.2) is 84.9 Å². The molecule has 0 saturated carbocycles. The van der Waals surface area contributed by atoms with Gasteiger partial charge in [-0.2, -0.15) is 0 Å². The van der Waals surface area contributed by atoms with Gasteiger partial charge in [-0.25, -0.2) is 0 Å². The van der Waals surface area contributed by atoms with Gasteiger partial charge in [0.05, 0.1) is 0 Å². The molecule has 1 unspecified atom stereocenters. The number of rotatable bonds is 0. The molecule has 6 atom stereocenters. The van der Waals surface area contributed by atoms with Gasteiger partial charge in [0.2, 0.25) is 0 Å². The molecule has 0 radical (unpaired) electrons. The number of alkyl halides is 1. The molecule has 29 heavy (non-hydrogen) atoms. The second kappa shape index (κ2) is 7.78. The molecule has 2 bridgehead atoms. The van der Waals surface area contributed by atoms with E-state index >= 15 is 0 Å². The summed E-state index contributed by atoms with van der Waals surface area (Å²) in [4.78, 5) is 12.5. The number of hydrogen-bond donors (Lipinski definition) is 6. The van der Waals surface area contributed by atoms with Gasteiger partial charge < -0.3 is 0 Å². The average molecular weight is 544 g/mol. The monoisotopic (exact) mass is 544 g/mol. The zero-order valence-corrected chi connectivity index (χ0v) is 17.6. The van der Waals surface area contributed by atoms with Crippen LogP contribution in [0.5, 0.6) is 0 Å². The first-order valence-electron chi connectivity index (χ1n) is 8.37. The molecule has 2 aromatic heterocycles. The van der Waals surface area contributed by atoms with E-state index in [4.69, 9.17) is 20.4 Å². The molecule has 0 aromatic carbocycles. The van der Waals surface area contributed by atoms with Crippen molar-refractivity contribution in [1.29, 1.82) is 0 Å². The Balaban J connectivity index is 1.81. The molecule has 0 aliphatic carbocycles. The quantitative estimate of drug-likeness (QED) is 0.104. The number of aromatic nitrogens is 4. The summed E-state index contributed by atoms with van der Waals surface area (Å²) in [6, 6.07) is -0.938. The number of anilines is 1. The Hall–Kier alpha value is -1.25. The average Bonchev–Trinajstić information content (AvgIpc) is 3.16. The van der Waals surface area contributed by atoms with E-state index in [0.29, 0.717) is 15.0 Å². The van der Waals surface area contributed by atoms with Gasteiger partial charge in [0.25, 0.3) is 0 Å². The first-order chi connectivity index (χ1) is 13.7. The van der Waals surface area contributed by atoms with Crippen LogP contribution < -0.4 is 37.4 Å². The molecule has 4 heterocycles. The van der Waals surface area contributed by atoms with E-state index in [0.717, 1.165) is 0 Å². The molecule has 4 rings (SSSR count). The van der Waals surface area contributed by atoms with Gasteiger partial charge >= 0.3 is 175 Å². The molecule has 2 aliphatic rings. The summed E-state index contributed by atoms with van der Waals surface area (Å²) in [5, 5.41) is 30.9. The standard InChI is InChI=1S/C13H19IN7O7S/c15-4-1-14-13-19-6-9(16)17-3-18-10(6)21(13)12-8(23)7(22)5(28-12)2-27-29(25,26)20-11(4)24/h3-5,7-8,11-12,20,22-24H,1-2,15H2,(H2,16,17,18)/q-1/t4-,5-,7-,8-,11?,12-/m1/s1. The van der Waals surface area contributed by atoms with Crippen LogP contribution >= 0.6 is 0 Å². The number of aliphatic hydroxyl groups excluding tert-OH is 3. The first kappa shape index (κ1) is 21.0. The van der Waals surface area contributed by atoms with E-state index in [1.165, 1.54) is 10.9 Å². The molecule has 2 aromatic rings. The number of halogens is 1. The summed E-state index contributed by atoms with van der Waals surface area (Å²) >= 11 is -1.02. The summed E-state index contributed by atoms with van der Waals surface area (Å²) < 4.78 is 38.6. The third kappa shape index (κ3) is 3.91. The van der Waals surface area contributed by atoms with Crippen molar-refractivity contribution in [2.75, 3.05) is 16.8 Å². The number of nitrogen functional groups attached to an aromatic ring is 1. The first-order valence-corrected chi connectivity index (χ1v) is 12.4. The SMILES string of the molecule is Nc1ncnc2c1nc1n2[C@@H]2O[C@H](COS(=O)(=O)NC(O)[C@H](N)C[I-]1)[C@@H](O)[C@H]2O. The van der Waals surface area contributed by atoms with Gasteiger partial charge in [0.1, 0.15) is 0 Å². The van der Waals surface area contributed by atoms with Crippen LogP contribution in [0.2, 0.25) is 0 Å². The molecular formula is C13H19IN7O7S-. The number of nitrogens with zero attached hydrogens (tertiary/aromatic N) is 4. The van der Waals surface area contributed by atoms with Crippen LogP contribution in [-0.2, 0) is 19.2 Å². The fourth-order valence-electron chi connectivity index (χ4n) is 2.97. The van der Waals surface area contributed by atoms with Gasteiger partial charge in [0.15, 0.2) is 0 Å². The summed E-state index contributed by atoms with van der Waals surface area (Å²) in [5.74, 6) is 0.130. The van der Waals surface area contributed by atoms with Crippen LogP contribution in [0.4, 0.5) is 5.82 Å². The van der Waals surface area contributed by atoms with E-state index in [1.807, 2.05) is 4.72 Å². The Morgan fingerprint density at radius 2 is 2.03 bits per heavy atom. The number of ether oxygens (including phenoxy) is 1. The second-order valence-corrected chi connectivity index (χ2v) is 10.5. The van der Waals surface area contributed by atoms with Crippen molar-refractivity contribution in [3.8, 4) is 0 Å². The molecule has 8 N–H and O–H groups in total. The second-order valence-electron chi connectivity index (χ2n) is 6.48. The van der Waals surface area contributed by atoms with Crippen molar-refractivity contribution in [3.05, 3.63) is 10.2 Å². The molecular weight excluding hydrogens is 525 g/mol. The number of imidazole rings is 1. The van der Waals surface area contributed by atoms with Gasteiger partial charge in [-0.1, -0.05) is 0 Å². The Labute approximate surface area is 174 Å². The molecule has 16 heteroatoms. The third-order valence-corrected chi connectivity index (χ3v) is 8.36. The summed E-state index contributed by atoms with van der Waals surface area (Å²) in [6.07, 6.45) is -5.47. The van der Waals surface area contributed by atoms with Gasteiger partial charge in [0, 0.05) is 0 Å². The Bertz CT molecular complexity index is 1020. The van der Waals surface area contributed by atoms with Crippen molar-refractivity contribution < 1.29 is 53.9 Å². The van der Waals surface area contributed by atoms with Crippen LogP contribution in [0.15, 0.2) is 6.33 Å². The predicted octanol–water partition coefficient (Wildman–Crippen LogP) is -7.20. The van der Waals surface area contributed by atoms with Gasteiger partial charge in [-0.15, -0.1) is 0 Å². The van der Waals surface area contributed by atoms with Crippen LogP contribution in [0.3, 0.4) is 0 Å². The van der Waals surface area contributed by atoms with E-state index in [1.54, 1.807) is 0 Å². The van der Waals surface area contributed by atoms with Crippen LogP contribution in [0.25, 0.3) is 11.2 Å². The molecule has 2 aliphatic heterocycles. The fraction of sp³-hybridized carbons (Fsp3) is 0.615. The number of fused-ring (bicyclic) bond motifs is 6. The van der Waals surface area contributed by atoms with Crippen molar-refractivity contribution in [3.63, 3.8) is 0 Å². The van der Waals surface area contributed by atoms with Crippen molar-refractivity contribution in [2.24, 2.45) is 5.73 Å². The fourth-order valence-corrected chi connectivity index (χ4v) is 6.49. The molecule has 1 saturated heterocycles. The number of nitrogens with two attached hydrogens (primary N) is 2. The zero-order chi connectivity index (χ0) is 20.9. The van der Waals surface area contributed by atoms with Crippen molar-refractivity contribution in [2.45, 2.75) is 36.8 Å². The number of hydrogen-bond acceptors (Lipinski definition) is 12. The number of nitrogens with one attached hydrogen (secondary N) is 1. The van der Waals surface area contributed by atoms with E-state index in [-0.39, 0.29) is 10.2 Å². The van der Waals surface area contributed by atoms with Crippen LogP contribution in [0, 0.1) is 3.83 Å². The Morgan fingerprint density at radius 1 is 1.28 bits per heavy atom. The summed E-state index contributed by atoms with van der Waals surface area (Å²) in [6.45, 7) is -0.597. The van der Waals surface area contributed by atoms with E-state index in [2.05, 4.69) is 15.0 Å². The predicted molar refractivity (Wildman–Crippen MR) is 91.2 cm³/mol. The summed E-state index contributed by atoms with van der Waals surface area (Å²) in [5.41, 5.74) is 12.4. The minimum atomic E-state index is -4.36. The Kier molecular flexibility index (Phi) is 5.63. The maximum absolute atomic E-state index is 12.0. The third-order valence-electron chi connectivity index (χ3n) is 4.49. The molecule has 162 valence electrons. The van der Waals surface area contributed by atoms with Crippen molar-refractivity contribution >= 4 is 27.3 Å². The van der Waals surface area contributed by atoms with Gasteiger partial charge in [-0.05, 0) is 0 Å². The normalized spacial score (nSPS) is 35.7. The molecule has 14 nitrogen and oxygen atoms in total. The summed E-state index contributed by atoms with van der Waals surface area (Å²) in [7, 11) is -4.36. The van der Waals surface area contributed by atoms with E-state index in [9.17, 15) is 23.7 Å². The topological polar surface area (TPSA) is 221 Å². The number of aliphatic hydroxyl groups is 3. The van der Waals surface area contributed by atoms with Crippen molar-refractivity contribution in [1.82, 2.24) is 24.2 Å². The van der Waals surface area contributed by atoms with E-state index < -0.39 is 74.9 Å². The minimum absolute atomic E-state index is 0.130. The zero-order valence-electron chi connectivity index (χ0n) is 14.7. The molecule has 0 amide bonds. The van der Waals surface area contributed by atoms with Crippen LogP contribution in [0.1, 0.15) is 6.23 Å².